The van der Waals surface area contributed by atoms with Crippen molar-refractivity contribution in [3.63, 3.8) is 0 Å². The van der Waals surface area contributed by atoms with Gasteiger partial charge in [-0.1, -0.05) is 24.3 Å². The molecule has 0 spiro atoms. The molecule has 4 aliphatic rings. The normalized spacial score (nSPS) is 24.0. The number of ether oxygens (including phenoxy) is 2. The SMILES string of the molecule is Cc1cc([N+](=O)[O-])ccc1N1C(=O)[C@@H]2[C@H](C1=O)[C@@H]1c3ccccc3C=CN1[C@H]2C(=O)c1ccc2c(c1)OCO2. The third-order valence-corrected chi connectivity index (χ3v) is 8.02. The van der Waals surface area contributed by atoms with E-state index in [2.05, 4.69) is 0 Å². The standard InChI is InChI=1S/C29H21N3O7/c1-15-12-18(32(36)37)7-8-20(15)31-28(34)23-24(29(31)35)26(27(33)17-6-9-21-22(13-17)39-14-38-21)30-11-10-16-4-2-3-5-19(16)25(23)30/h2-13,23-26H,14H2,1H3/t23-,24+,25-,26+/m0/s1. The molecule has 39 heavy (non-hydrogen) atoms. The third kappa shape index (κ3) is 3.24. The number of fused-ring (bicyclic) bond motifs is 6. The molecule has 4 heterocycles. The first kappa shape index (κ1) is 23.2. The molecule has 3 aromatic carbocycles. The molecule has 4 aliphatic heterocycles. The molecule has 194 valence electrons. The Hall–Kier alpha value is -4.99. The molecule has 0 N–H and O–H groups in total. The maximum Gasteiger partial charge on any atom is 0.269 e. The maximum absolute atomic E-state index is 14.1. The maximum atomic E-state index is 14.1. The van der Waals surface area contributed by atoms with Crippen LogP contribution in [0.4, 0.5) is 11.4 Å². The molecule has 10 nitrogen and oxygen atoms in total. The quantitative estimate of drug-likeness (QED) is 0.218. The molecule has 2 fully saturated rings. The predicted molar refractivity (Wildman–Crippen MR) is 138 cm³/mol. The summed E-state index contributed by atoms with van der Waals surface area (Å²) in [5.74, 6) is -2.02. The van der Waals surface area contributed by atoms with Gasteiger partial charge in [-0.2, -0.15) is 0 Å². The number of nitrogens with zero attached hydrogens (tertiary/aromatic N) is 3. The summed E-state index contributed by atoms with van der Waals surface area (Å²) in [6.45, 7) is 1.68. The lowest BCUT2D eigenvalue weighted by atomic mass is 9.83. The number of nitro groups is 1. The Balaban J connectivity index is 1.35. The Morgan fingerprint density at radius 2 is 1.74 bits per heavy atom. The molecular weight excluding hydrogens is 502 g/mol. The van der Waals surface area contributed by atoms with Gasteiger partial charge >= 0.3 is 0 Å². The number of anilines is 1. The molecule has 0 radical (unpaired) electrons. The molecule has 0 aliphatic carbocycles. The van der Waals surface area contributed by atoms with E-state index in [4.69, 9.17) is 9.47 Å². The number of Topliss-reactive ketones (excluding diaryl/α,β-unsaturated/α-hetero) is 1. The van der Waals surface area contributed by atoms with Gasteiger partial charge in [-0.3, -0.25) is 24.5 Å². The van der Waals surface area contributed by atoms with E-state index < -0.39 is 40.7 Å². The monoisotopic (exact) mass is 523 g/mol. The minimum Gasteiger partial charge on any atom is -0.454 e. The van der Waals surface area contributed by atoms with Crippen LogP contribution in [-0.4, -0.2) is 40.3 Å². The fourth-order valence-electron chi connectivity index (χ4n) is 6.32. The second-order valence-corrected chi connectivity index (χ2v) is 10.0. The highest BCUT2D eigenvalue weighted by Gasteiger charge is 2.64. The van der Waals surface area contributed by atoms with Gasteiger partial charge in [-0.25, -0.2) is 4.90 Å². The minimum atomic E-state index is -0.953. The Kier molecular flexibility index (Phi) is 4.90. The number of aryl methyl sites for hydroxylation is 1. The van der Waals surface area contributed by atoms with Crippen LogP contribution in [0, 0.1) is 28.9 Å². The van der Waals surface area contributed by atoms with Crippen LogP contribution in [-0.2, 0) is 9.59 Å². The highest BCUT2D eigenvalue weighted by atomic mass is 16.7. The summed E-state index contributed by atoms with van der Waals surface area (Å²) in [4.78, 5) is 55.9. The Morgan fingerprint density at radius 1 is 0.974 bits per heavy atom. The average molecular weight is 524 g/mol. The van der Waals surface area contributed by atoms with E-state index in [0.717, 1.165) is 16.0 Å². The lowest BCUT2D eigenvalue weighted by Crippen LogP contribution is -2.44. The van der Waals surface area contributed by atoms with Crippen molar-refractivity contribution in [3.8, 4) is 11.5 Å². The molecule has 0 saturated carbocycles. The molecule has 2 amide bonds. The lowest BCUT2D eigenvalue weighted by molar-refractivity contribution is -0.384. The van der Waals surface area contributed by atoms with Gasteiger partial charge in [-0.15, -0.1) is 0 Å². The molecule has 0 aromatic heterocycles. The van der Waals surface area contributed by atoms with Gasteiger partial charge in [0.25, 0.3) is 5.69 Å². The summed E-state index contributed by atoms with van der Waals surface area (Å²) in [5.41, 5.74) is 2.69. The van der Waals surface area contributed by atoms with Crippen LogP contribution in [0.1, 0.15) is 33.1 Å². The molecular formula is C29H21N3O7. The smallest absolute Gasteiger partial charge is 0.269 e. The molecule has 7 rings (SSSR count). The molecule has 3 aromatic rings. The van der Waals surface area contributed by atoms with E-state index in [-0.39, 0.29) is 24.0 Å². The highest BCUT2D eigenvalue weighted by molar-refractivity contribution is 6.25. The van der Waals surface area contributed by atoms with Gasteiger partial charge in [0.1, 0.15) is 6.04 Å². The largest absolute Gasteiger partial charge is 0.454 e. The first-order valence-electron chi connectivity index (χ1n) is 12.5. The number of ketones is 1. The topological polar surface area (TPSA) is 119 Å². The van der Waals surface area contributed by atoms with Crippen LogP contribution in [0.3, 0.4) is 0 Å². The van der Waals surface area contributed by atoms with Crippen molar-refractivity contribution in [3.05, 3.63) is 99.2 Å². The van der Waals surface area contributed by atoms with Crippen LogP contribution >= 0.6 is 0 Å². The number of hydrogen-bond acceptors (Lipinski definition) is 8. The van der Waals surface area contributed by atoms with E-state index in [9.17, 15) is 24.5 Å². The number of rotatable bonds is 4. The fraction of sp³-hybridized carbons (Fsp3) is 0.207. The minimum absolute atomic E-state index is 0.0609. The zero-order chi connectivity index (χ0) is 27.0. The van der Waals surface area contributed by atoms with Crippen molar-refractivity contribution >= 4 is 35.0 Å². The van der Waals surface area contributed by atoms with E-state index >= 15 is 0 Å². The van der Waals surface area contributed by atoms with Gasteiger partial charge in [0.15, 0.2) is 17.3 Å². The van der Waals surface area contributed by atoms with Crippen LogP contribution in [0.2, 0.25) is 0 Å². The number of carbonyl (C=O) groups excluding carboxylic acids is 3. The van der Waals surface area contributed by atoms with Crippen molar-refractivity contribution < 1.29 is 28.8 Å². The molecule has 0 unspecified atom stereocenters. The van der Waals surface area contributed by atoms with Crippen molar-refractivity contribution in [1.29, 1.82) is 0 Å². The second kappa shape index (κ2) is 8.26. The van der Waals surface area contributed by atoms with Crippen LogP contribution < -0.4 is 14.4 Å². The summed E-state index contributed by atoms with van der Waals surface area (Å²) in [6.07, 6.45) is 3.68. The van der Waals surface area contributed by atoms with Crippen LogP contribution in [0.5, 0.6) is 11.5 Å². The average Bonchev–Trinajstić information content (AvgIpc) is 3.61. The van der Waals surface area contributed by atoms with E-state index in [0.29, 0.717) is 22.6 Å². The first-order valence-corrected chi connectivity index (χ1v) is 12.5. The van der Waals surface area contributed by atoms with E-state index in [1.165, 1.54) is 18.2 Å². The van der Waals surface area contributed by atoms with Crippen LogP contribution in [0.15, 0.2) is 66.9 Å². The predicted octanol–water partition coefficient (Wildman–Crippen LogP) is 4.03. The Bertz CT molecular complexity index is 1650. The Labute approximate surface area is 222 Å². The molecule has 4 atom stereocenters. The Morgan fingerprint density at radius 3 is 2.54 bits per heavy atom. The van der Waals surface area contributed by atoms with Crippen molar-refractivity contribution in [2.45, 2.75) is 19.0 Å². The molecule has 10 heteroatoms. The lowest BCUT2D eigenvalue weighted by Gasteiger charge is -2.35. The summed E-state index contributed by atoms with van der Waals surface area (Å²) in [7, 11) is 0. The van der Waals surface area contributed by atoms with E-state index in [1.807, 2.05) is 35.2 Å². The van der Waals surface area contributed by atoms with Crippen molar-refractivity contribution in [1.82, 2.24) is 4.90 Å². The fourth-order valence-corrected chi connectivity index (χ4v) is 6.32. The summed E-state index contributed by atoms with van der Waals surface area (Å²) in [6, 6.07) is 15.1. The van der Waals surface area contributed by atoms with Gasteiger partial charge in [-0.05, 0) is 54.0 Å². The number of nitro benzene ring substituents is 1. The van der Waals surface area contributed by atoms with Crippen LogP contribution in [0.25, 0.3) is 6.08 Å². The summed E-state index contributed by atoms with van der Waals surface area (Å²) >= 11 is 0. The van der Waals surface area contributed by atoms with Gasteiger partial charge in [0, 0.05) is 23.9 Å². The van der Waals surface area contributed by atoms with Crippen molar-refractivity contribution in [2.24, 2.45) is 11.8 Å². The summed E-state index contributed by atoms with van der Waals surface area (Å²) in [5, 5.41) is 11.3. The number of amides is 2. The summed E-state index contributed by atoms with van der Waals surface area (Å²) < 4.78 is 10.8. The zero-order valence-electron chi connectivity index (χ0n) is 20.6. The first-order chi connectivity index (χ1) is 18.8. The number of imide groups is 1. The second-order valence-electron chi connectivity index (χ2n) is 10.0. The number of carbonyl (C=O) groups is 3. The number of benzene rings is 3. The highest BCUT2D eigenvalue weighted by Crippen LogP contribution is 2.54. The van der Waals surface area contributed by atoms with Gasteiger partial charge < -0.3 is 14.4 Å². The third-order valence-electron chi connectivity index (χ3n) is 8.02. The zero-order valence-corrected chi connectivity index (χ0v) is 20.6. The van der Waals surface area contributed by atoms with Crippen molar-refractivity contribution in [2.75, 3.05) is 11.7 Å². The number of hydrogen-bond donors (Lipinski definition) is 0. The molecule has 2 saturated heterocycles. The number of non-ortho nitro benzene ring substituents is 1. The van der Waals surface area contributed by atoms with E-state index in [1.54, 1.807) is 31.3 Å². The molecule has 0 bridgehead atoms. The van der Waals surface area contributed by atoms with Gasteiger partial charge in [0.2, 0.25) is 18.6 Å². The van der Waals surface area contributed by atoms with Gasteiger partial charge in [0.05, 0.1) is 28.5 Å².